The van der Waals surface area contributed by atoms with Gasteiger partial charge in [0.1, 0.15) is 5.60 Å². The number of nitrogens with zero attached hydrogens (tertiary/aromatic N) is 1. The Morgan fingerprint density at radius 3 is 1.76 bits per heavy atom. The molecule has 0 saturated heterocycles. The molecule has 0 heterocycles. The van der Waals surface area contributed by atoms with Crippen molar-refractivity contribution in [1.29, 1.82) is 0 Å². The maximum atomic E-state index is 12.6. The van der Waals surface area contributed by atoms with Gasteiger partial charge in [0, 0.05) is 12.6 Å². The quantitative estimate of drug-likeness (QED) is 0.510. The van der Waals surface area contributed by atoms with Crippen LogP contribution >= 0.6 is 0 Å². The molecule has 1 amide bonds. The van der Waals surface area contributed by atoms with Crippen molar-refractivity contribution in [2.24, 2.45) is 0 Å². The second kappa shape index (κ2) is 11.5. The topological polar surface area (TPSA) is 59.0 Å². The molecule has 2 aromatic carbocycles. The van der Waals surface area contributed by atoms with Crippen molar-refractivity contribution in [3.63, 3.8) is 0 Å². The Kier molecular flexibility index (Phi) is 9.51. The summed E-state index contributed by atoms with van der Waals surface area (Å²) in [7, 11) is -2.71. The molecule has 0 fully saturated rings. The first-order valence-electron chi connectivity index (χ1n) is 12.2. The summed E-state index contributed by atoms with van der Waals surface area (Å²) in [6, 6.07) is 20.8. The molecule has 1 N–H and O–H groups in total. The van der Waals surface area contributed by atoms with Gasteiger partial charge < -0.3 is 19.2 Å². The van der Waals surface area contributed by atoms with E-state index in [9.17, 15) is 9.90 Å². The van der Waals surface area contributed by atoms with E-state index in [0.29, 0.717) is 13.0 Å². The molecular weight excluding hydrogens is 442 g/mol. The van der Waals surface area contributed by atoms with Crippen LogP contribution in [0.3, 0.4) is 0 Å². The Balaban J connectivity index is 2.23. The summed E-state index contributed by atoms with van der Waals surface area (Å²) in [5, 5.41) is 13.1. The number of carbonyl (C=O) groups is 1. The number of hydrogen-bond donors (Lipinski definition) is 1. The van der Waals surface area contributed by atoms with E-state index in [1.165, 1.54) is 10.4 Å². The van der Waals surface area contributed by atoms with E-state index in [0.717, 1.165) is 0 Å². The smallest absolute Gasteiger partial charge is 0.410 e. The zero-order chi connectivity index (χ0) is 25.6. The van der Waals surface area contributed by atoms with Gasteiger partial charge in [0.15, 0.2) is 0 Å². The van der Waals surface area contributed by atoms with Gasteiger partial charge in [0.05, 0.1) is 12.7 Å². The van der Waals surface area contributed by atoms with Crippen molar-refractivity contribution >= 4 is 24.8 Å². The molecule has 0 aliphatic carbocycles. The molecule has 2 aromatic rings. The molecule has 34 heavy (non-hydrogen) atoms. The average Bonchev–Trinajstić information content (AvgIpc) is 2.73. The highest BCUT2D eigenvalue weighted by Gasteiger charge is 2.50. The Hall–Kier alpha value is -2.15. The number of hydrogen-bond acceptors (Lipinski definition) is 4. The molecule has 0 aliphatic rings. The Morgan fingerprint density at radius 1 is 0.912 bits per heavy atom. The van der Waals surface area contributed by atoms with Crippen molar-refractivity contribution in [2.75, 3.05) is 13.2 Å². The van der Waals surface area contributed by atoms with Crippen molar-refractivity contribution in [2.45, 2.75) is 84.6 Å². The second-order valence-electron chi connectivity index (χ2n) is 11.2. The van der Waals surface area contributed by atoms with Crippen LogP contribution in [0.2, 0.25) is 5.04 Å². The average molecular weight is 486 g/mol. The molecule has 188 valence electrons. The van der Waals surface area contributed by atoms with E-state index in [2.05, 4.69) is 45.0 Å². The third-order valence-electron chi connectivity index (χ3n) is 5.86. The van der Waals surface area contributed by atoms with Crippen LogP contribution in [0.1, 0.15) is 61.8 Å². The van der Waals surface area contributed by atoms with E-state index >= 15 is 0 Å². The predicted octanol–water partition coefficient (Wildman–Crippen LogP) is 4.96. The Bertz CT molecular complexity index is 849. The van der Waals surface area contributed by atoms with Crippen molar-refractivity contribution in [3.8, 4) is 0 Å². The van der Waals surface area contributed by atoms with Crippen molar-refractivity contribution in [3.05, 3.63) is 60.7 Å². The largest absolute Gasteiger partial charge is 0.444 e. The number of rotatable bonds is 9. The molecule has 2 rings (SSSR count). The van der Waals surface area contributed by atoms with Crippen LogP contribution < -0.4 is 10.4 Å². The van der Waals surface area contributed by atoms with Crippen LogP contribution in [0.15, 0.2) is 60.7 Å². The highest BCUT2D eigenvalue weighted by molar-refractivity contribution is 6.99. The molecule has 0 bridgehead atoms. The van der Waals surface area contributed by atoms with E-state index in [-0.39, 0.29) is 23.8 Å². The lowest BCUT2D eigenvalue weighted by Crippen LogP contribution is -2.67. The summed E-state index contributed by atoms with van der Waals surface area (Å²) in [6.07, 6.45) is -0.650. The maximum Gasteiger partial charge on any atom is 0.410 e. The number of aliphatic hydroxyl groups excluding tert-OH is 1. The summed E-state index contributed by atoms with van der Waals surface area (Å²) in [6.45, 7) is 16.7. The Labute approximate surface area is 207 Å². The highest BCUT2D eigenvalue weighted by Crippen LogP contribution is 2.36. The standard InChI is InChI=1S/C28H43NO4Si/c1-22(2)29(26(31)33-27(3,4)5)20-19-23(30)21-32-34(28(6,7)8,24-15-11-9-12-16-24)25-17-13-10-14-18-25/h9-18,22-23,30H,19-21H2,1-8H3/t23-/m1/s1. The number of amides is 1. The number of carbonyl (C=O) groups excluding carboxylic acids is 1. The predicted molar refractivity (Wildman–Crippen MR) is 142 cm³/mol. The third kappa shape index (κ3) is 7.17. The minimum atomic E-state index is -2.71. The van der Waals surface area contributed by atoms with Crippen LogP contribution in [-0.4, -0.2) is 55.3 Å². The van der Waals surface area contributed by atoms with Gasteiger partial charge in [-0.3, -0.25) is 0 Å². The van der Waals surface area contributed by atoms with Crippen molar-refractivity contribution in [1.82, 2.24) is 4.90 Å². The first-order chi connectivity index (χ1) is 15.8. The summed E-state index contributed by atoms with van der Waals surface area (Å²) < 4.78 is 12.4. The first kappa shape index (κ1) is 28.1. The van der Waals surface area contributed by atoms with E-state index in [1.54, 1.807) is 4.90 Å². The van der Waals surface area contributed by atoms with Crippen LogP contribution in [-0.2, 0) is 9.16 Å². The van der Waals surface area contributed by atoms with Gasteiger partial charge in [-0.15, -0.1) is 0 Å². The van der Waals surface area contributed by atoms with Gasteiger partial charge in [-0.1, -0.05) is 81.4 Å². The van der Waals surface area contributed by atoms with Gasteiger partial charge in [-0.05, 0) is 56.5 Å². The third-order valence-corrected chi connectivity index (χ3v) is 10.9. The van der Waals surface area contributed by atoms with Gasteiger partial charge in [-0.25, -0.2) is 4.79 Å². The van der Waals surface area contributed by atoms with Gasteiger partial charge >= 0.3 is 6.09 Å². The fraction of sp³-hybridized carbons (Fsp3) is 0.536. The number of benzene rings is 2. The zero-order valence-corrected chi connectivity index (χ0v) is 23.2. The first-order valence-corrected chi connectivity index (χ1v) is 14.1. The molecule has 0 unspecified atom stereocenters. The molecule has 1 atom stereocenters. The Morgan fingerprint density at radius 2 is 1.38 bits per heavy atom. The van der Waals surface area contributed by atoms with Crippen molar-refractivity contribution < 1.29 is 19.1 Å². The van der Waals surface area contributed by atoms with Gasteiger partial charge in [0.2, 0.25) is 0 Å². The van der Waals surface area contributed by atoms with E-state index in [4.69, 9.17) is 9.16 Å². The maximum absolute atomic E-state index is 12.6. The minimum Gasteiger partial charge on any atom is -0.444 e. The fourth-order valence-corrected chi connectivity index (χ4v) is 8.83. The normalized spacial score (nSPS) is 13.6. The zero-order valence-electron chi connectivity index (χ0n) is 22.2. The molecule has 5 nitrogen and oxygen atoms in total. The molecule has 6 heteroatoms. The molecule has 0 aromatic heterocycles. The highest BCUT2D eigenvalue weighted by atomic mass is 28.4. The summed E-state index contributed by atoms with van der Waals surface area (Å²) in [4.78, 5) is 14.3. The molecule has 0 saturated carbocycles. The minimum absolute atomic E-state index is 0.0281. The van der Waals surface area contributed by atoms with Gasteiger partial charge in [0.25, 0.3) is 8.32 Å². The van der Waals surface area contributed by atoms with Crippen LogP contribution in [0.25, 0.3) is 0 Å². The molecule has 0 aliphatic heterocycles. The summed E-state index contributed by atoms with van der Waals surface area (Å²) >= 11 is 0. The molecule has 0 spiro atoms. The van der Waals surface area contributed by atoms with E-state index in [1.807, 2.05) is 71.0 Å². The second-order valence-corrected chi connectivity index (χ2v) is 15.5. The number of ether oxygens (including phenoxy) is 1. The van der Waals surface area contributed by atoms with Gasteiger partial charge in [-0.2, -0.15) is 0 Å². The van der Waals surface area contributed by atoms with Crippen LogP contribution in [0.5, 0.6) is 0 Å². The van der Waals surface area contributed by atoms with E-state index < -0.39 is 20.0 Å². The SMILES string of the molecule is CC(C)N(CC[C@@H](O)CO[Si](c1ccccc1)(c1ccccc1)C(C)(C)C)C(=O)OC(C)(C)C. The molecule has 0 radical (unpaired) electrons. The summed E-state index contributed by atoms with van der Waals surface area (Å²) in [5.41, 5.74) is -0.560. The lowest BCUT2D eigenvalue weighted by Gasteiger charge is -2.43. The molecular formula is C28H43NO4Si. The monoisotopic (exact) mass is 485 g/mol. The van der Waals surface area contributed by atoms with Crippen LogP contribution in [0, 0.1) is 0 Å². The lowest BCUT2D eigenvalue weighted by atomic mass is 10.2. The fourth-order valence-electron chi connectivity index (χ4n) is 4.24. The lowest BCUT2D eigenvalue weighted by molar-refractivity contribution is 0.0138. The van der Waals surface area contributed by atoms with Crippen LogP contribution in [0.4, 0.5) is 4.79 Å². The number of aliphatic hydroxyl groups is 1. The summed E-state index contributed by atoms with van der Waals surface area (Å²) in [5.74, 6) is 0.